The van der Waals surface area contributed by atoms with Crippen LogP contribution in [0.4, 0.5) is 0 Å². The summed E-state index contributed by atoms with van der Waals surface area (Å²) >= 11 is 3.25. The molecule has 0 radical (unpaired) electrons. The molecule has 0 aromatic heterocycles. The first-order chi connectivity index (χ1) is 7.04. The number of hydrogen-bond donors (Lipinski definition) is 1. The monoisotopic (exact) mass is 270 g/mol. The first-order valence-electron chi connectivity index (χ1n) is 4.95. The zero-order valence-electron chi connectivity index (χ0n) is 8.85. The highest BCUT2D eigenvalue weighted by Gasteiger charge is 2.26. The Morgan fingerprint density at radius 1 is 1.27 bits per heavy atom. The number of carbonyl (C=O) groups is 1. The molecule has 0 amide bonds. The average Bonchev–Trinajstić information content (AvgIpc) is 2.27. The molecule has 0 fully saturated rings. The SMILES string of the molecule is CC(C)C(=O)C(Br)[C@H](O)c1ccccc1. The highest BCUT2D eigenvalue weighted by molar-refractivity contribution is 9.10. The van der Waals surface area contributed by atoms with Crippen LogP contribution in [0.5, 0.6) is 0 Å². The van der Waals surface area contributed by atoms with Crippen molar-refractivity contribution in [2.75, 3.05) is 0 Å². The Balaban J connectivity index is 2.77. The maximum Gasteiger partial charge on any atom is 0.151 e. The number of benzene rings is 1. The van der Waals surface area contributed by atoms with Crippen LogP contribution in [0.2, 0.25) is 0 Å². The van der Waals surface area contributed by atoms with Crippen LogP contribution in [0.15, 0.2) is 30.3 Å². The van der Waals surface area contributed by atoms with Crippen molar-refractivity contribution in [1.29, 1.82) is 0 Å². The van der Waals surface area contributed by atoms with Gasteiger partial charge in [0, 0.05) is 5.92 Å². The number of rotatable bonds is 4. The molecule has 0 aliphatic carbocycles. The van der Waals surface area contributed by atoms with Crippen molar-refractivity contribution in [3.05, 3.63) is 35.9 Å². The second-order valence-electron chi connectivity index (χ2n) is 3.81. The van der Waals surface area contributed by atoms with E-state index in [0.29, 0.717) is 0 Å². The van der Waals surface area contributed by atoms with Gasteiger partial charge in [-0.3, -0.25) is 4.79 Å². The van der Waals surface area contributed by atoms with Crippen LogP contribution in [0.25, 0.3) is 0 Å². The molecule has 1 aromatic carbocycles. The van der Waals surface area contributed by atoms with Gasteiger partial charge in [0.15, 0.2) is 5.78 Å². The number of ketones is 1. The summed E-state index contributed by atoms with van der Waals surface area (Å²) < 4.78 is 0. The summed E-state index contributed by atoms with van der Waals surface area (Å²) in [5.41, 5.74) is 0.758. The predicted molar refractivity (Wildman–Crippen MR) is 64.0 cm³/mol. The standard InChI is InChI=1S/C12H15BrO2/c1-8(2)11(14)10(13)12(15)9-6-4-3-5-7-9/h3-8,10,12,15H,1-2H3/t10?,12-/m1/s1. The largest absolute Gasteiger partial charge is 0.387 e. The molecular weight excluding hydrogens is 256 g/mol. The van der Waals surface area contributed by atoms with Crippen LogP contribution < -0.4 is 0 Å². The van der Waals surface area contributed by atoms with E-state index >= 15 is 0 Å². The van der Waals surface area contributed by atoms with Crippen molar-refractivity contribution in [2.24, 2.45) is 5.92 Å². The van der Waals surface area contributed by atoms with Crippen molar-refractivity contribution in [1.82, 2.24) is 0 Å². The summed E-state index contributed by atoms with van der Waals surface area (Å²) in [6.45, 7) is 3.66. The number of aliphatic hydroxyl groups excluding tert-OH is 1. The van der Waals surface area contributed by atoms with Gasteiger partial charge < -0.3 is 5.11 Å². The van der Waals surface area contributed by atoms with Crippen molar-refractivity contribution in [3.8, 4) is 0 Å². The number of carbonyl (C=O) groups excluding carboxylic acids is 1. The fourth-order valence-electron chi connectivity index (χ4n) is 1.29. The maximum atomic E-state index is 11.7. The molecule has 0 bridgehead atoms. The molecule has 2 atom stereocenters. The minimum Gasteiger partial charge on any atom is -0.387 e. The molecule has 0 aliphatic rings. The molecule has 1 N–H and O–H groups in total. The Kier molecular flexibility index (Phi) is 4.48. The third kappa shape index (κ3) is 3.14. The van der Waals surface area contributed by atoms with E-state index in [2.05, 4.69) is 15.9 Å². The smallest absolute Gasteiger partial charge is 0.151 e. The van der Waals surface area contributed by atoms with Gasteiger partial charge in [-0.1, -0.05) is 60.1 Å². The second kappa shape index (κ2) is 5.42. The van der Waals surface area contributed by atoms with E-state index in [4.69, 9.17) is 0 Å². The van der Waals surface area contributed by atoms with Crippen molar-refractivity contribution >= 4 is 21.7 Å². The molecule has 0 saturated carbocycles. The zero-order chi connectivity index (χ0) is 11.4. The topological polar surface area (TPSA) is 37.3 Å². The molecule has 1 unspecified atom stereocenters. The molecular formula is C12H15BrO2. The Morgan fingerprint density at radius 2 is 1.80 bits per heavy atom. The Hall–Kier alpha value is -0.670. The van der Waals surface area contributed by atoms with Crippen LogP contribution >= 0.6 is 15.9 Å². The number of halogens is 1. The van der Waals surface area contributed by atoms with Gasteiger partial charge >= 0.3 is 0 Å². The quantitative estimate of drug-likeness (QED) is 0.855. The number of alkyl halides is 1. The van der Waals surface area contributed by atoms with E-state index in [1.54, 1.807) is 0 Å². The van der Waals surface area contributed by atoms with Gasteiger partial charge in [0.05, 0.1) is 6.10 Å². The Labute approximate surface area is 98.4 Å². The lowest BCUT2D eigenvalue weighted by molar-refractivity contribution is -0.123. The maximum absolute atomic E-state index is 11.7. The molecule has 15 heavy (non-hydrogen) atoms. The van der Waals surface area contributed by atoms with Gasteiger partial charge in [0.25, 0.3) is 0 Å². The van der Waals surface area contributed by atoms with Crippen LogP contribution in [-0.4, -0.2) is 15.7 Å². The third-order valence-electron chi connectivity index (χ3n) is 2.26. The Bertz CT molecular complexity index is 322. The normalized spacial score (nSPS) is 15.0. The Morgan fingerprint density at radius 3 is 2.27 bits per heavy atom. The summed E-state index contributed by atoms with van der Waals surface area (Å²) in [6.07, 6.45) is -0.777. The highest BCUT2D eigenvalue weighted by atomic mass is 79.9. The molecule has 0 heterocycles. The molecule has 2 nitrogen and oxygen atoms in total. The molecule has 0 spiro atoms. The molecule has 0 saturated heterocycles. The lowest BCUT2D eigenvalue weighted by Gasteiger charge is -2.18. The summed E-state index contributed by atoms with van der Waals surface area (Å²) in [6, 6.07) is 9.19. The summed E-state index contributed by atoms with van der Waals surface area (Å²) in [5.74, 6) is -0.0564. The van der Waals surface area contributed by atoms with E-state index in [1.807, 2.05) is 44.2 Å². The molecule has 0 aliphatic heterocycles. The molecule has 1 aromatic rings. The average molecular weight is 271 g/mol. The van der Waals surface area contributed by atoms with Crippen molar-refractivity contribution in [3.63, 3.8) is 0 Å². The predicted octanol–water partition coefficient (Wildman–Crippen LogP) is 2.71. The number of hydrogen-bond acceptors (Lipinski definition) is 2. The van der Waals surface area contributed by atoms with E-state index in [-0.39, 0.29) is 11.7 Å². The van der Waals surface area contributed by atoms with Crippen molar-refractivity contribution < 1.29 is 9.90 Å². The zero-order valence-corrected chi connectivity index (χ0v) is 10.4. The van der Waals surface area contributed by atoms with Crippen LogP contribution in [-0.2, 0) is 4.79 Å². The van der Waals surface area contributed by atoms with E-state index in [1.165, 1.54) is 0 Å². The van der Waals surface area contributed by atoms with Crippen molar-refractivity contribution in [2.45, 2.75) is 24.8 Å². The van der Waals surface area contributed by atoms with Crippen LogP contribution in [0, 0.1) is 5.92 Å². The van der Waals surface area contributed by atoms with E-state index in [9.17, 15) is 9.90 Å². The molecule has 1 rings (SSSR count). The van der Waals surface area contributed by atoms with Crippen LogP contribution in [0.3, 0.4) is 0 Å². The first-order valence-corrected chi connectivity index (χ1v) is 5.86. The van der Waals surface area contributed by atoms with Gasteiger partial charge in [-0.2, -0.15) is 0 Å². The van der Waals surface area contributed by atoms with Gasteiger partial charge in [0.1, 0.15) is 4.83 Å². The summed E-state index contributed by atoms with van der Waals surface area (Å²) in [4.78, 5) is 11.1. The lowest BCUT2D eigenvalue weighted by atomic mass is 9.98. The minimum absolute atomic E-state index is 0.0198. The molecule has 3 heteroatoms. The van der Waals surface area contributed by atoms with Crippen LogP contribution in [0.1, 0.15) is 25.5 Å². The summed E-state index contributed by atoms with van der Waals surface area (Å²) in [5, 5.41) is 9.94. The lowest BCUT2D eigenvalue weighted by Crippen LogP contribution is -2.26. The molecule has 82 valence electrons. The third-order valence-corrected chi connectivity index (χ3v) is 3.21. The highest BCUT2D eigenvalue weighted by Crippen LogP contribution is 2.24. The van der Waals surface area contributed by atoms with E-state index in [0.717, 1.165) is 5.56 Å². The fourth-order valence-corrected chi connectivity index (χ4v) is 2.13. The minimum atomic E-state index is -0.777. The van der Waals surface area contributed by atoms with Gasteiger partial charge in [0.2, 0.25) is 0 Å². The number of Topliss-reactive ketones (excluding diaryl/α,β-unsaturated/α-hetero) is 1. The second-order valence-corrected chi connectivity index (χ2v) is 4.80. The first kappa shape index (κ1) is 12.4. The summed E-state index contributed by atoms with van der Waals surface area (Å²) in [7, 11) is 0. The van der Waals surface area contributed by atoms with Gasteiger partial charge in [-0.15, -0.1) is 0 Å². The number of aliphatic hydroxyl groups is 1. The van der Waals surface area contributed by atoms with Gasteiger partial charge in [-0.05, 0) is 5.56 Å². The van der Waals surface area contributed by atoms with E-state index < -0.39 is 10.9 Å². The fraction of sp³-hybridized carbons (Fsp3) is 0.417. The van der Waals surface area contributed by atoms with Gasteiger partial charge in [-0.25, -0.2) is 0 Å².